The van der Waals surface area contributed by atoms with Crippen molar-refractivity contribution in [2.75, 3.05) is 0 Å². The van der Waals surface area contributed by atoms with E-state index in [1.54, 1.807) is 26.8 Å². The second-order valence-corrected chi connectivity index (χ2v) is 9.36. The number of hydrogen-bond acceptors (Lipinski definition) is 9. The van der Waals surface area contributed by atoms with Crippen molar-refractivity contribution < 1.29 is 38.1 Å². The monoisotopic (exact) mass is 507 g/mol. The molecule has 9 nitrogen and oxygen atoms in total. The van der Waals surface area contributed by atoms with Crippen LogP contribution in [0, 0.1) is 11.8 Å². The molecule has 4 atom stereocenters. The van der Waals surface area contributed by atoms with Crippen LogP contribution in [0.2, 0.25) is 0 Å². The Bertz CT molecular complexity index is 898. The van der Waals surface area contributed by atoms with Crippen LogP contribution in [-0.2, 0) is 35.1 Å². The van der Waals surface area contributed by atoms with Gasteiger partial charge in [0.15, 0.2) is 11.5 Å². The number of carbonyl (C=O) groups excluding carboxylic acids is 4. The molecule has 1 rings (SSSR count). The van der Waals surface area contributed by atoms with E-state index < -0.39 is 36.2 Å². The average molecular weight is 508 g/mol. The molecule has 0 saturated carbocycles. The molecule has 0 bridgehead atoms. The van der Waals surface area contributed by atoms with Gasteiger partial charge in [-0.25, -0.2) is 0 Å². The van der Waals surface area contributed by atoms with Crippen LogP contribution in [0.3, 0.4) is 0 Å². The molecule has 0 fully saturated rings. The highest BCUT2D eigenvalue weighted by Gasteiger charge is 2.27. The lowest BCUT2D eigenvalue weighted by Crippen LogP contribution is -2.40. The van der Waals surface area contributed by atoms with Crippen LogP contribution in [0.4, 0.5) is 0 Å². The summed E-state index contributed by atoms with van der Waals surface area (Å²) in [6.07, 6.45) is 0.396. The van der Waals surface area contributed by atoms with Crippen LogP contribution in [0.15, 0.2) is 18.2 Å². The maximum Gasteiger partial charge on any atom is 0.323 e. The van der Waals surface area contributed by atoms with E-state index >= 15 is 0 Å². The van der Waals surface area contributed by atoms with E-state index in [1.165, 1.54) is 12.1 Å². The number of nitrogens with two attached hydrogens (primary N) is 1. The van der Waals surface area contributed by atoms with Crippen LogP contribution in [0.25, 0.3) is 0 Å². The molecule has 36 heavy (non-hydrogen) atoms. The van der Waals surface area contributed by atoms with Crippen LogP contribution < -0.4 is 15.2 Å². The van der Waals surface area contributed by atoms with E-state index in [4.69, 9.17) is 24.7 Å². The zero-order valence-corrected chi connectivity index (χ0v) is 22.5. The van der Waals surface area contributed by atoms with Crippen molar-refractivity contribution in [3.63, 3.8) is 0 Å². The van der Waals surface area contributed by atoms with Gasteiger partial charge in [0.05, 0.1) is 5.92 Å². The molecule has 0 aliphatic rings. The van der Waals surface area contributed by atoms with Gasteiger partial charge in [-0.1, -0.05) is 40.7 Å². The van der Waals surface area contributed by atoms with Crippen LogP contribution in [0.1, 0.15) is 79.7 Å². The summed E-state index contributed by atoms with van der Waals surface area (Å²) in [5, 5.41) is 0. The smallest absolute Gasteiger partial charge is 0.323 e. The van der Waals surface area contributed by atoms with E-state index in [0.29, 0.717) is 18.4 Å². The molecule has 0 aliphatic carbocycles. The molecule has 0 aromatic heterocycles. The number of esters is 4. The molecule has 0 radical (unpaired) electrons. The zero-order valence-electron chi connectivity index (χ0n) is 22.5. The normalized spacial score (nSPS) is 14.4. The summed E-state index contributed by atoms with van der Waals surface area (Å²) < 4.78 is 21.6. The lowest BCUT2D eigenvalue weighted by atomic mass is 9.98. The first-order valence-corrected chi connectivity index (χ1v) is 12.6. The highest BCUT2D eigenvalue weighted by atomic mass is 16.6. The quantitative estimate of drug-likeness (QED) is 0.292. The number of hydrogen-bond donors (Lipinski definition) is 1. The van der Waals surface area contributed by atoms with E-state index in [1.807, 2.05) is 27.7 Å². The van der Waals surface area contributed by atoms with Crippen molar-refractivity contribution in [1.82, 2.24) is 0 Å². The number of rotatable bonds is 14. The van der Waals surface area contributed by atoms with E-state index in [2.05, 4.69) is 0 Å². The molecule has 0 aliphatic heterocycles. The van der Waals surface area contributed by atoms with Gasteiger partial charge in [0.1, 0.15) is 18.2 Å². The van der Waals surface area contributed by atoms with Gasteiger partial charge in [-0.2, -0.15) is 0 Å². The fourth-order valence-electron chi connectivity index (χ4n) is 2.96. The zero-order chi connectivity index (χ0) is 27.4. The minimum Gasteiger partial charge on any atom is -0.459 e. The van der Waals surface area contributed by atoms with Gasteiger partial charge in [-0.05, 0) is 56.7 Å². The summed E-state index contributed by atoms with van der Waals surface area (Å²) in [4.78, 5) is 48.8. The predicted molar refractivity (Wildman–Crippen MR) is 134 cm³/mol. The number of benzene rings is 1. The molecule has 2 N–H and O–H groups in total. The third-order valence-corrected chi connectivity index (χ3v) is 5.76. The SMILES string of the molecule is CCCC(=O)Oc1ccc(C[C@H](N)C(=O)O[C@@H](C)C(C)OC(=O)C(C)C(C)C)cc1OC(=O)CCC. The van der Waals surface area contributed by atoms with Gasteiger partial charge in [0.25, 0.3) is 0 Å². The molecular formula is C27H41NO8. The van der Waals surface area contributed by atoms with Crippen LogP contribution >= 0.6 is 0 Å². The molecule has 1 aromatic rings. The van der Waals surface area contributed by atoms with Crippen molar-refractivity contribution in [1.29, 1.82) is 0 Å². The molecule has 1 aromatic carbocycles. The minimum absolute atomic E-state index is 0.0872. The van der Waals surface area contributed by atoms with Gasteiger partial charge in [-0.3, -0.25) is 19.2 Å². The lowest BCUT2D eigenvalue weighted by molar-refractivity contribution is -0.169. The second kappa shape index (κ2) is 15.2. The van der Waals surface area contributed by atoms with Crippen molar-refractivity contribution in [3.05, 3.63) is 23.8 Å². The summed E-state index contributed by atoms with van der Waals surface area (Å²) in [7, 11) is 0. The Kier molecular flexibility index (Phi) is 13.2. The van der Waals surface area contributed by atoms with Gasteiger partial charge in [0.2, 0.25) is 0 Å². The van der Waals surface area contributed by atoms with Crippen molar-refractivity contribution in [2.45, 2.75) is 98.8 Å². The first-order valence-electron chi connectivity index (χ1n) is 12.6. The summed E-state index contributed by atoms with van der Waals surface area (Å²) in [6.45, 7) is 12.6. The molecule has 0 amide bonds. The Morgan fingerprint density at radius 2 is 1.28 bits per heavy atom. The molecular weight excluding hydrogens is 466 g/mol. The summed E-state index contributed by atoms with van der Waals surface area (Å²) in [6, 6.07) is 3.66. The maximum absolute atomic E-state index is 12.6. The largest absolute Gasteiger partial charge is 0.459 e. The van der Waals surface area contributed by atoms with Crippen molar-refractivity contribution in [2.24, 2.45) is 17.6 Å². The number of ether oxygens (including phenoxy) is 4. The standard InChI is InChI=1S/C27H41NO8/c1-8-10-24(29)35-22-13-12-20(15-23(22)36-25(30)11-9-2)14-21(28)27(32)34-19(7)18(6)33-26(31)17(5)16(3)4/h12-13,15-19,21H,8-11,14,28H2,1-7H3/t17?,18?,19-,21-/m0/s1. The Hall–Kier alpha value is -2.94. The molecule has 9 heteroatoms. The van der Waals surface area contributed by atoms with E-state index in [9.17, 15) is 19.2 Å². The predicted octanol–water partition coefficient (Wildman–Crippen LogP) is 4.12. The summed E-state index contributed by atoms with van der Waals surface area (Å²) >= 11 is 0. The van der Waals surface area contributed by atoms with E-state index in [0.717, 1.165) is 0 Å². The fourth-order valence-corrected chi connectivity index (χ4v) is 2.96. The van der Waals surface area contributed by atoms with Crippen LogP contribution in [0.5, 0.6) is 11.5 Å². The average Bonchev–Trinajstić information content (AvgIpc) is 2.80. The highest BCUT2D eigenvalue weighted by Crippen LogP contribution is 2.30. The lowest BCUT2D eigenvalue weighted by Gasteiger charge is -2.24. The molecule has 0 saturated heterocycles. The topological polar surface area (TPSA) is 131 Å². The third kappa shape index (κ3) is 10.4. The van der Waals surface area contributed by atoms with Crippen molar-refractivity contribution in [3.8, 4) is 11.5 Å². The Balaban J connectivity index is 2.87. The summed E-state index contributed by atoms with van der Waals surface area (Å²) in [5.74, 6) is -1.85. The van der Waals surface area contributed by atoms with Gasteiger partial charge >= 0.3 is 23.9 Å². The first-order chi connectivity index (χ1) is 16.9. The Morgan fingerprint density at radius 1 is 0.778 bits per heavy atom. The van der Waals surface area contributed by atoms with Gasteiger partial charge in [0, 0.05) is 12.8 Å². The molecule has 202 valence electrons. The Labute approximate surface area is 214 Å². The fraction of sp³-hybridized carbons (Fsp3) is 0.630. The molecule has 2 unspecified atom stereocenters. The van der Waals surface area contributed by atoms with Gasteiger partial charge in [-0.15, -0.1) is 0 Å². The summed E-state index contributed by atoms with van der Waals surface area (Å²) in [5.41, 5.74) is 6.66. The van der Waals surface area contributed by atoms with Crippen LogP contribution in [-0.4, -0.2) is 42.1 Å². The van der Waals surface area contributed by atoms with Gasteiger partial charge < -0.3 is 24.7 Å². The third-order valence-electron chi connectivity index (χ3n) is 5.76. The second-order valence-electron chi connectivity index (χ2n) is 9.36. The molecule has 0 heterocycles. The van der Waals surface area contributed by atoms with Crippen molar-refractivity contribution >= 4 is 23.9 Å². The minimum atomic E-state index is -1.02. The Morgan fingerprint density at radius 3 is 1.78 bits per heavy atom. The molecule has 0 spiro atoms. The maximum atomic E-state index is 12.6. The first kappa shape index (κ1) is 31.1. The van der Waals surface area contributed by atoms with E-state index in [-0.39, 0.29) is 48.6 Å². The number of carbonyl (C=O) groups is 4. The highest BCUT2D eigenvalue weighted by molar-refractivity contribution is 5.77.